The van der Waals surface area contributed by atoms with Crippen LogP contribution in [-0.4, -0.2) is 30.2 Å². The SMILES string of the molecule is CNc1cccc2c1C1CC(=O)CCN1C2=O. The summed E-state index contributed by atoms with van der Waals surface area (Å²) < 4.78 is 0. The van der Waals surface area contributed by atoms with Gasteiger partial charge in [0, 0.05) is 43.2 Å². The van der Waals surface area contributed by atoms with E-state index in [0.717, 1.165) is 16.8 Å². The van der Waals surface area contributed by atoms with E-state index < -0.39 is 0 Å². The summed E-state index contributed by atoms with van der Waals surface area (Å²) >= 11 is 0. The average Bonchev–Trinajstić information content (AvgIpc) is 2.63. The Hall–Kier alpha value is -1.84. The number of carbonyl (C=O) groups is 2. The lowest BCUT2D eigenvalue weighted by atomic mass is 9.95. The second-order valence-corrected chi connectivity index (χ2v) is 4.52. The first-order valence-corrected chi connectivity index (χ1v) is 5.85. The van der Waals surface area contributed by atoms with Gasteiger partial charge in [0.25, 0.3) is 5.91 Å². The van der Waals surface area contributed by atoms with Gasteiger partial charge >= 0.3 is 0 Å². The van der Waals surface area contributed by atoms with Gasteiger partial charge in [0.15, 0.2) is 0 Å². The highest BCUT2D eigenvalue weighted by Gasteiger charge is 2.41. The molecule has 0 aliphatic carbocycles. The molecule has 1 saturated heterocycles. The maximum Gasteiger partial charge on any atom is 0.254 e. The Bertz CT molecular complexity index is 510. The van der Waals surface area contributed by atoms with E-state index in [1.165, 1.54) is 0 Å². The molecule has 2 aliphatic rings. The lowest BCUT2D eigenvalue weighted by molar-refractivity contribution is -0.122. The molecule has 1 fully saturated rings. The van der Waals surface area contributed by atoms with Crippen molar-refractivity contribution in [1.82, 2.24) is 4.90 Å². The van der Waals surface area contributed by atoms with Crippen molar-refractivity contribution in [3.05, 3.63) is 29.3 Å². The van der Waals surface area contributed by atoms with E-state index in [1.54, 1.807) is 0 Å². The minimum Gasteiger partial charge on any atom is -0.388 e. The van der Waals surface area contributed by atoms with Crippen LogP contribution in [-0.2, 0) is 4.79 Å². The number of Topliss-reactive ketones (excluding diaryl/α,β-unsaturated/α-hetero) is 1. The van der Waals surface area contributed by atoms with Crippen LogP contribution in [0.25, 0.3) is 0 Å². The van der Waals surface area contributed by atoms with Crippen LogP contribution >= 0.6 is 0 Å². The summed E-state index contributed by atoms with van der Waals surface area (Å²) in [7, 11) is 1.84. The van der Waals surface area contributed by atoms with E-state index in [1.807, 2.05) is 30.1 Å². The molecule has 17 heavy (non-hydrogen) atoms. The smallest absolute Gasteiger partial charge is 0.254 e. The first kappa shape index (κ1) is 10.3. The second kappa shape index (κ2) is 3.58. The zero-order valence-electron chi connectivity index (χ0n) is 9.69. The third kappa shape index (κ3) is 1.37. The largest absolute Gasteiger partial charge is 0.388 e. The molecule has 0 radical (unpaired) electrons. The molecule has 4 nitrogen and oxygen atoms in total. The number of nitrogens with zero attached hydrogens (tertiary/aromatic N) is 1. The molecule has 3 rings (SSSR count). The molecule has 1 unspecified atom stereocenters. The predicted octanol–water partition coefficient (Wildman–Crippen LogP) is 1.59. The molecule has 1 atom stereocenters. The van der Waals surface area contributed by atoms with Gasteiger partial charge in [-0.05, 0) is 12.1 Å². The number of hydrogen-bond donors (Lipinski definition) is 1. The Kier molecular flexibility index (Phi) is 2.18. The van der Waals surface area contributed by atoms with Crippen LogP contribution in [0.1, 0.15) is 34.8 Å². The van der Waals surface area contributed by atoms with Crippen molar-refractivity contribution in [2.45, 2.75) is 18.9 Å². The molecule has 2 aliphatic heterocycles. The first-order valence-electron chi connectivity index (χ1n) is 5.85. The van der Waals surface area contributed by atoms with Crippen LogP contribution in [0.15, 0.2) is 18.2 Å². The monoisotopic (exact) mass is 230 g/mol. The summed E-state index contributed by atoms with van der Waals surface area (Å²) in [5.74, 6) is 0.312. The van der Waals surface area contributed by atoms with E-state index in [9.17, 15) is 9.59 Å². The highest BCUT2D eigenvalue weighted by atomic mass is 16.2. The lowest BCUT2D eigenvalue weighted by Gasteiger charge is -2.29. The third-order valence-electron chi connectivity index (χ3n) is 3.63. The number of piperidine rings is 1. The van der Waals surface area contributed by atoms with E-state index in [2.05, 4.69) is 5.32 Å². The molecule has 0 aromatic heterocycles. The quantitative estimate of drug-likeness (QED) is 0.797. The zero-order chi connectivity index (χ0) is 12.0. The Morgan fingerprint density at radius 3 is 2.94 bits per heavy atom. The van der Waals surface area contributed by atoms with Gasteiger partial charge in [0.05, 0.1) is 6.04 Å². The van der Waals surface area contributed by atoms with Crippen LogP contribution in [0, 0.1) is 0 Å². The number of fused-ring (bicyclic) bond motifs is 3. The Balaban J connectivity index is 2.14. The van der Waals surface area contributed by atoms with Crippen molar-refractivity contribution in [2.75, 3.05) is 18.9 Å². The van der Waals surface area contributed by atoms with E-state index in [-0.39, 0.29) is 17.7 Å². The number of amides is 1. The molecule has 1 amide bonds. The minimum absolute atomic E-state index is 0.0533. The topological polar surface area (TPSA) is 49.4 Å². The molecule has 0 saturated carbocycles. The number of ketones is 1. The fourth-order valence-electron chi connectivity index (χ4n) is 2.81. The molecule has 0 bridgehead atoms. The minimum atomic E-state index is -0.0533. The van der Waals surface area contributed by atoms with E-state index >= 15 is 0 Å². The summed E-state index contributed by atoms with van der Waals surface area (Å²) in [4.78, 5) is 25.6. The van der Waals surface area contributed by atoms with Crippen molar-refractivity contribution < 1.29 is 9.59 Å². The Morgan fingerprint density at radius 2 is 2.18 bits per heavy atom. The fourth-order valence-corrected chi connectivity index (χ4v) is 2.81. The number of benzene rings is 1. The fraction of sp³-hybridized carbons (Fsp3) is 0.385. The molecular formula is C13H14N2O2. The average molecular weight is 230 g/mol. The van der Waals surface area contributed by atoms with Crippen LogP contribution in [0.4, 0.5) is 5.69 Å². The van der Waals surface area contributed by atoms with Crippen LogP contribution < -0.4 is 5.32 Å². The lowest BCUT2D eigenvalue weighted by Crippen LogP contribution is -2.35. The summed E-state index contributed by atoms with van der Waals surface area (Å²) in [6.07, 6.45) is 0.947. The highest BCUT2D eigenvalue weighted by Crippen LogP contribution is 2.42. The number of hydrogen-bond acceptors (Lipinski definition) is 3. The number of anilines is 1. The van der Waals surface area contributed by atoms with E-state index in [4.69, 9.17) is 0 Å². The van der Waals surface area contributed by atoms with Crippen molar-refractivity contribution >= 4 is 17.4 Å². The summed E-state index contributed by atoms with van der Waals surface area (Å²) in [6.45, 7) is 0.556. The Labute approximate surface area is 99.6 Å². The Morgan fingerprint density at radius 1 is 1.35 bits per heavy atom. The third-order valence-corrected chi connectivity index (χ3v) is 3.63. The number of carbonyl (C=O) groups excluding carboxylic acids is 2. The van der Waals surface area contributed by atoms with Crippen molar-refractivity contribution in [3.8, 4) is 0 Å². The van der Waals surface area contributed by atoms with Crippen molar-refractivity contribution in [1.29, 1.82) is 0 Å². The first-order chi connectivity index (χ1) is 8.22. The van der Waals surface area contributed by atoms with E-state index in [0.29, 0.717) is 19.4 Å². The number of rotatable bonds is 1. The molecule has 1 N–H and O–H groups in total. The predicted molar refractivity (Wildman–Crippen MR) is 64.0 cm³/mol. The summed E-state index contributed by atoms with van der Waals surface area (Å²) in [6, 6.07) is 5.63. The second-order valence-electron chi connectivity index (χ2n) is 4.52. The van der Waals surface area contributed by atoms with Crippen molar-refractivity contribution in [3.63, 3.8) is 0 Å². The van der Waals surface area contributed by atoms with Gasteiger partial charge in [-0.3, -0.25) is 9.59 Å². The van der Waals surface area contributed by atoms with Gasteiger partial charge in [-0.15, -0.1) is 0 Å². The molecule has 4 heteroatoms. The van der Waals surface area contributed by atoms with Gasteiger partial charge in [-0.25, -0.2) is 0 Å². The maximum absolute atomic E-state index is 12.2. The van der Waals surface area contributed by atoms with Gasteiger partial charge in [-0.2, -0.15) is 0 Å². The maximum atomic E-state index is 12.2. The molecule has 0 spiro atoms. The summed E-state index contributed by atoms with van der Waals surface area (Å²) in [5, 5.41) is 3.11. The van der Waals surface area contributed by atoms with Gasteiger partial charge in [0.2, 0.25) is 0 Å². The highest BCUT2D eigenvalue weighted by molar-refractivity contribution is 6.02. The number of nitrogens with one attached hydrogen (secondary N) is 1. The molecule has 1 aromatic carbocycles. The molecule has 88 valence electrons. The molecule has 2 heterocycles. The van der Waals surface area contributed by atoms with Gasteiger partial charge in [0.1, 0.15) is 5.78 Å². The molecule has 1 aromatic rings. The van der Waals surface area contributed by atoms with Gasteiger partial charge < -0.3 is 10.2 Å². The molecular weight excluding hydrogens is 216 g/mol. The van der Waals surface area contributed by atoms with Crippen LogP contribution in [0.3, 0.4) is 0 Å². The van der Waals surface area contributed by atoms with Crippen LogP contribution in [0.5, 0.6) is 0 Å². The van der Waals surface area contributed by atoms with Crippen molar-refractivity contribution in [2.24, 2.45) is 0 Å². The van der Waals surface area contributed by atoms with Gasteiger partial charge in [-0.1, -0.05) is 6.07 Å². The standard InChI is InChI=1S/C13H14N2O2/c1-14-10-4-2-3-9-12(10)11-7-8(16)5-6-15(11)13(9)17/h2-4,11,14H,5-7H2,1H3. The summed E-state index contributed by atoms with van der Waals surface area (Å²) in [5.41, 5.74) is 2.70. The normalized spacial score (nSPS) is 22.4. The van der Waals surface area contributed by atoms with Crippen LogP contribution in [0.2, 0.25) is 0 Å². The zero-order valence-corrected chi connectivity index (χ0v) is 9.69.